The summed E-state index contributed by atoms with van der Waals surface area (Å²) in [6.07, 6.45) is 0. The van der Waals surface area contributed by atoms with Gasteiger partial charge in [0.2, 0.25) is 10.0 Å². The summed E-state index contributed by atoms with van der Waals surface area (Å²) < 4.78 is 25.5. The highest BCUT2D eigenvalue weighted by molar-refractivity contribution is 7.89. The molecular weight excluding hydrogens is 238 g/mol. The highest BCUT2D eigenvalue weighted by Crippen LogP contribution is 2.13. The molecular formula is C12H19NO3S. The van der Waals surface area contributed by atoms with Gasteiger partial charge in [-0.15, -0.1) is 0 Å². The Balaban J connectivity index is 2.86. The molecule has 0 aromatic heterocycles. The van der Waals surface area contributed by atoms with Crippen molar-refractivity contribution in [1.82, 2.24) is 4.31 Å². The number of aliphatic hydroxyl groups excluding tert-OH is 1. The first-order chi connectivity index (χ1) is 8.02. The molecule has 4 nitrogen and oxygen atoms in total. The van der Waals surface area contributed by atoms with Crippen LogP contribution < -0.4 is 0 Å². The predicted molar refractivity (Wildman–Crippen MR) is 68.0 cm³/mol. The third-order valence-electron chi connectivity index (χ3n) is 2.68. The minimum atomic E-state index is -3.42. The van der Waals surface area contributed by atoms with E-state index in [9.17, 15) is 8.42 Å². The van der Waals surface area contributed by atoms with Crippen LogP contribution in [0.2, 0.25) is 0 Å². The van der Waals surface area contributed by atoms with E-state index in [-0.39, 0.29) is 6.61 Å². The van der Waals surface area contributed by atoms with Gasteiger partial charge in [-0.05, 0) is 12.5 Å². The molecule has 0 spiro atoms. The summed E-state index contributed by atoms with van der Waals surface area (Å²) in [6, 6.07) is 9.44. The quantitative estimate of drug-likeness (QED) is 0.833. The van der Waals surface area contributed by atoms with Crippen LogP contribution in [0.4, 0.5) is 0 Å². The lowest BCUT2D eigenvalue weighted by Crippen LogP contribution is -2.38. The minimum Gasteiger partial charge on any atom is -0.395 e. The molecule has 5 heteroatoms. The summed E-state index contributed by atoms with van der Waals surface area (Å²) in [6.45, 7) is 3.72. The van der Waals surface area contributed by atoms with Gasteiger partial charge in [-0.3, -0.25) is 0 Å². The van der Waals surface area contributed by atoms with Crippen molar-refractivity contribution in [2.24, 2.45) is 0 Å². The van der Waals surface area contributed by atoms with E-state index in [0.717, 1.165) is 5.56 Å². The second-order valence-corrected chi connectivity index (χ2v) is 6.30. The first-order valence-electron chi connectivity index (χ1n) is 5.66. The zero-order valence-corrected chi connectivity index (χ0v) is 11.0. The Hall–Kier alpha value is -0.910. The summed E-state index contributed by atoms with van der Waals surface area (Å²) in [5, 5.41) is 8.22. The van der Waals surface area contributed by atoms with Gasteiger partial charge in [-0.1, -0.05) is 37.3 Å². The number of aliphatic hydroxyl groups is 1. The number of sulfonamides is 1. The number of nitrogens with zero attached hydrogens (tertiary/aromatic N) is 1. The van der Waals surface area contributed by atoms with E-state index in [2.05, 4.69) is 0 Å². The lowest BCUT2D eigenvalue weighted by molar-refractivity contribution is 0.288. The molecule has 0 aliphatic heterocycles. The first-order valence-corrected chi connectivity index (χ1v) is 7.16. The molecule has 1 atom stereocenters. The first kappa shape index (κ1) is 14.2. The van der Waals surface area contributed by atoms with Crippen LogP contribution in [0.15, 0.2) is 30.3 Å². The molecule has 1 rings (SSSR count). The molecule has 0 amide bonds. The average molecular weight is 257 g/mol. The zero-order valence-electron chi connectivity index (χ0n) is 10.2. The van der Waals surface area contributed by atoms with E-state index in [4.69, 9.17) is 5.11 Å². The normalized spacial score (nSPS) is 13.9. The molecule has 1 unspecified atom stereocenters. The van der Waals surface area contributed by atoms with E-state index in [1.807, 2.05) is 30.3 Å². The van der Waals surface area contributed by atoms with Gasteiger partial charge < -0.3 is 5.11 Å². The second kappa shape index (κ2) is 6.14. The van der Waals surface area contributed by atoms with Gasteiger partial charge in [0.15, 0.2) is 0 Å². The molecule has 1 aromatic rings. The van der Waals surface area contributed by atoms with Crippen LogP contribution in [-0.2, 0) is 16.6 Å². The van der Waals surface area contributed by atoms with Crippen molar-refractivity contribution in [3.8, 4) is 0 Å². The average Bonchev–Trinajstić information content (AvgIpc) is 2.35. The van der Waals surface area contributed by atoms with Crippen molar-refractivity contribution < 1.29 is 13.5 Å². The van der Waals surface area contributed by atoms with Gasteiger partial charge in [-0.2, -0.15) is 4.31 Å². The maximum Gasteiger partial charge on any atom is 0.219 e. The largest absolute Gasteiger partial charge is 0.395 e. The lowest BCUT2D eigenvalue weighted by Gasteiger charge is -2.23. The van der Waals surface area contributed by atoms with Crippen LogP contribution in [0.25, 0.3) is 0 Å². The maximum absolute atomic E-state index is 12.1. The molecule has 0 bridgehead atoms. The molecule has 1 N–H and O–H groups in total. The van der Waals surface area contributed by atoms with Crippen LogP contribution >= 0.6 is 0 Å². The second-order valence-electron chi connectivity index (χ2n) is 3.95. The Kier molecular flexibility index (Phi) is 5.11. The van der Waals surface area contributed by atoms with Crippen molar-refractivity contribution >= 4 is 10.0 Å². The topological polar surface area (TPSA) is 57.6 Å². The summed E-state index contributed by atoms with van der Waals surface area (Å²) in [4.78, 5) is 0. The highest BCUT2D eigenvalue weighted by Gasteiger charge is 2.26. The molecule has 0 aliphatic rings. The van der Waals surface area contributed by atoms with Crippen LogP contribution in [-0.4, -0.2) is 36.2 Å². The smallest absolute Gasteiger partial charge is 0.219 e. The Morgan fingerprint density at radius 2 is 1.88 bits per heavy atom. The molecule has 17 heavy (non-hydrogen) atoms. The van der Waals surface area contributed by atoms with E-state index in [0.29, 0.717) is 13.1 Å². The van der Waals surface area contributed by atoms with Crippen molar-refractivity contribution in [3.63, 3.8) is 0 Å². The molecule has 0 fully saturated rings. The third-order valence-corrected chi connectivity index (χ3v) is 4.95. The zero-order chi connectivity index (χ0) is 12.9. The Labute approximate surface area is 103 Å². The van der Waals surface area contributed by atoms with Gasteiger partial charge in [0.25, 0.3) is 0 Å². The van der Waals surface area contributed by atoms with Crippen molar-refractivity contribution in [3.05, 3.63) is 35.9 Å². The molecule has 1 aromatic carbocycles. The Bertz CT molecular complexity index is 430. The molecule has 0 saturated carbocycles. The van der Waals surface area contributed by atoms with Crippen LogP contribution in [0.5, 0.6) is 0 Å². The van der Waals surface area contributed by atoms with E-state index >= 15 is 0 Å². The maximum atomic E-state index is 12.1. The molecule has 96 valence electrons. The monoisotopic (exact) mass is 257 g/mol. The Morgan fingerprint density at radius 3 is 2.35 bits per heavy atom. The van der Waals surface area contributed by atoms with Gasteiger partial charge >= 0.3 is 0 Å². The summed E-state index contributed by atoms with van der Waals surface area (Å²) in [7, 11) is -3.42. The fourth-order valence-electron chi connectivity index (χ4n) is 1.52. The summed E-state index contributed by atoms with van der Waals surface area (Å²) in [5.41, 5.74) is 0.947. The Morgan fingerprint density at radius 1 is 1.29 bits per heavy atom. The van der Waals surface area contributed by atoms with E-state index in [1.54, 1.807) is 6.92 Å². The third kappa shape index (κ3) is 3.52. The summed E-state index contributed by atoms with van der Waals surface area (Å²) in [5.74, 6) is 0. The van der Waals surface area contributed by atoms with Gasteiger partial charge in [0.1, 0.15) is 0 Å². The number of benzene rings is 1. The predicted octanol–water partition coefficient (Wildman–Crippen LogP) is 1.22. The van der Waals surface area contributed by atoms with Crippen LogP contribution in [0.1, 0.15) is 19.4 Å². The fraction of sp³-hybridized carbons (Fsp3) is 0.500. The van der Waals surface area contributed by atoms with E-state index in [1.165, 1.54) is 11.2 Å². The standard InChI is InChI=1S/C12H19NO3S/c1-3-13(17(15,16)11(2)10-14)9-12-7-5-4-6-8-12/h4-8,11,14H,3,9-10H2,1-2H3. The van der Waals surface area contributed by atoms with Crippen molar-refractivity contribution in [2.45, 2.75) is 25.6 Å². The highest BCUT2D eigenvalue weighted by atomic mass is 32.2. The molecule has 0 aliphatic carbocycles. The number of rotatable bonds is 6. The minimum absolute atomic E-state index is 0.351. The molecule has 0 radical (unpaired) electrons. The molecule has 0 saturated heterocycles. The SMILES string of the molecule is CCN(Cc1ccccc1)S(=O)(=O)C(C)CO. The summed E-state index contributed by atoms with van der Waals surface area (Å²) >= 11 is 0. The fourth-order valence-corrected chi connectivity index (χ4v) is 2.90. The van der Waals surface area contributed by atoms with Crippen molar-refractivity contribution in [1.29, 1.82) is 0 Å². The number of hydrogen-bond donors (Lipinski definition) is 1. The van der Waals surface area contributed by atoms with Gasteiger partial charge in [0.05, 0.1) is 11.9 Å². The molecule has 0 heterocycles. The van der Waals surface area contributed by atoms with E-state index < -0.39 is 15.3 Å². The number of hydrogen-bond acceptors (Lipinski definition) is 3. The van der Waals surface area contributed by atoms with Gasteiger partial charge in [-0.25, -0.2) is 8.42 Å². The lowest BCUT2D eigenvalue weighted by atomic mass is 10.2. The van der Waals surface area contributed by atoms with Crippen LogP contribution in [0, 0.1) is 0 Å². The van der Waals surface area contributed by atoms with Crippen molar-refractivity contribution in [2.75, 3.05) is 13.2 Å². The van der Waals surface area contributed by atoms with Gasteiger partial charge in [0, 0.05) is 13.1 Å². The van der Waals surface area contributed by atoms with Crippen LogP contribution in [0.3, 0.4) is 0 Å².